The fraction of sp³-hybridized carbons (Fsp3) is 0.524. The second-order valence-electron chi connectivity index (χ2n) is 8.72. The van der Waals surface area contributed by atoms with Gasteiger partial charge in [0.1, 0.15) is 0 Å². The number of rotatable bonds is 5. The Hall–Kier alpha value is -1.95. The lowest BCUT2D eigenvalue weighted by atomic mass is 9.53. The minimum absolute atomic E-state index is 0.0692. The third-order valence-corrected chi connectivity index (χ3v) is 7.51. The Bertz CT molecular complexity index is 812. The van der Waals surface area contributed by atoms with Crippen molar-refractivity contribution in [2.45, 2.75) is 49.2 Å². The van der Waals surface area contributed by atoms with Crippen LogP contribution in [-0.4, -0.2) is 26.9 Å². The summed E-state index contributed by atoms with van der Waals surface area (Å²) >= 11 is 1.41. The number of hydrogen-bond donors (Lipinski definition) is 2. The highest BCUT2D eigenvalue weighted by Crippen LogP contribution is 2.55. The molecule has 0 aliphatic heterocycles. The maximum absolute atomic E-state index is 12.7. The molecule has 6 heteroatoms. The van der Waals surface area contributed by atoms with E-state index in [-0.39, 0.29) is 11.4 Å². The van der Waals surface area contributed by atoms with Gasteiger partial charge in [-0.25, -0.2) is 9.66 Å². The molecule has 1 heterocycles. The number of nitrogens with zero attached hydrogens (tertiary/aromatic N) is 2. The van der Waals surface area contributed by atoms with E-state index in [1.807, 2.05) is 36.5 Å². The molecule has 4 saturated carbocycles. The highest BCUT2D eigenvalue weighted by atomic mass is 32.2. The van der Waals surface area contributed by atoms with Crippen LogP contribution in [0.3, 0.4) is 0 Å². The molecule has 0 atom stereocenters. The predicted octanol–water partition coefficient (Wildman–Crippen LogP) is 3.44. The van der Waals surface area contributed by atoms with Crippen LogP contribution in [0.15, 0.2) is 41.7 Å². The summed E-state index contributed by atoms with van der Waals surface area (Å²) in [5.74, 6) is 9.04. The average Bonchev–Trinajstić information content (AvgIpc) is 3.00. The van der Waals surface area contributed by atoms with Crippen LogP contribution < -0.4 is 11.2 Å². The summed E-state index contributed by atoms with van der Waals surface area (Å²) in [5.41, 5.74) is 1.93. The van der Waals surface area contributed by atoms with E-state index >= 15 is 0 Å². The van der Waals surface area contributed by atoms with E-state index in [0.717, 1.165) is 29.0 Å². The first-order valence-corrected chi connectivity index (χ1v) is 10.9. The number of thioether (sulfide) groups is 1. The van der Waals surface area contributed by atoms with E-state index < -0.39 is 0 Å². The van der Waals surface area contributed by atoms with Gasteiger partial charge in [0.2, 0.25) is 5.91 Å². The van der Waals surface area contributed by atoms with E-state index in [0.29, 0.717) is 10.9 Å². The van der Waals surface area contributed by atoms with Crippen LogP contribution in [0.25, 0.3) is 11.3 Å². The number of nitrogens with one attached hydrogen (secondary N) is 1. The second kappa shape index (κ2) is 6.59. The van der Waals surface area contributed by atoms with Crippen LogP contribution in [0.2, 0.25) is 0 Å². The molecule has 0 radical (unpaired) electrons. The summed E-state index contributed by atoms with van der Waals surface area (Å²) in [7, 11) is 0. The maximum atomic E-state index is 12.7. The minimum Gasteiger partial charge on any atom is -0.350 e. The van der Waals surface area contributed by atoms with E-state index in [2.05, 4.69) is 10.3 Å². The molecule has 0 saturated heterocycles. The summed E-state index contributed by atoms with van der Waals surface area (Å²) in [6.07, 6.45) is 9.51. The third kappa shape index (κ3) is 3.35. The fourth-order valence-corrected chi connectivity index (χ4v) is 6.65. The van der Waals surface area contributed by atoms with Crippen molar-refractivity contribution in [3.8, 4) is 11.3 Å². The third-order valence-electron chi connectivity index (χ3n) is 6.54. The molecule has 0 unspecified atom stereocenters. The van der Waals surface area contributed by atoms with Crippen molar-refractivity contribution >= 4 is 17.7 Å². The Labute approximate surface area is 164 Å². The molecule has 1 aromatic carbocycles. The maximum Gasteiger partial charge on any atom is 0.230 e. The van der Waals surface area contributed by atoms with Crippen LogP contribution in [-0.2, 0) is 4.79 Å². The molecule has 142 valence electrons. The molecule has 6 rings (SSSR count). The van der Waals surface area contributed by atoms with Crippen molar-refractivity contribution < 1.29 is 4.79 Å². The zero-order valence-corrected chi connectivity index (χ0v) is 16.3. The Balaban J connectivity index is 1.22. The lowest BCUT2D eigenvalue weighted by Crippen LogP contribution is -2.60. The monoisotopic (exact) mass is 382 g/mol. The Kier molecular flexibility index (Phi) is 4.19. The van der Waals surface area contributed by atoms with Crippen molar-refractivity contribution in [3.05, 3.63) is 36.5 Å². The van der Waals surface area contributed by atoms with Crippen LogP contribution >= 0.6 is 11.8 Å². The van der Waals surface area contributed by atoms with Gasteiger partial charge in [0.15, 0.2) is 5.16 Å². The lowest BCUT2D eigenvalue weighted by Gasteiger charge is -2.56. The zero-order valence-electron chi connectivity index (χ0n) is 15.4. The van der Waals surface area contributed by atoms with Gasteiger partial charge >= 0.3 is 0 Å². The quantitative estimate of drug-likeness (QED) is 0.614. The predicted molar refractivity (Wildman–Crippen MR) is 108 cm³/mol. The van der Waals surface area contributed by atoms with Crippen LogP contribution in [0.4, 0.5) is 0 Å². The van der Waals surface area contributed by atoms with E-state index in [1.54, 1.807) is 0 Å². The molecule has 5 nitrogen and oxygen atoms in total. The topological polar surface area (TPSA) is 72.9 Å². The molecule has 2 aromatic rings. The van der Waals surface area contributed by atoms with Crippen LogP contribution in [0.5, 0.6) is 0 Å². The van der Waals surface area contributed by atoms with Crippen LogP contribution in [0, 0.1) is 17.8 Å². The Morgan fingerprint density at radius 2 is 1.78 bits per heavy atom. The number of aromatic nitrogens is 2. The number of carbonyl (C=O) groups excluding carboxylic acids is 1. The summed E-state index contributed by atoms with van der Waals surface area (Å²) < 4.78 is 1.52. The molecule has 4 bridgehead atoms. The molecule has 3 N–H and O–H groups in total. The van der Waals surface area contributed by atoms with Gasteiger partial charge in [0, 0.05) is 11.1 Å². The number of carbonyl (C=O) groups is 1. The smallest absolute Gasteiger partial charge is 0.230 e. The fourth-order valence-electron chi connectivity index (χ4n) is 5.96. The lowest BCUT2D eigenvalue weighted by molar-refractivity contribution is -0.124. The van der Waals surface area contributed by atoms with Crippen molar-refractivity contribution in [3.63, 3.8) is 0 Å². The largest absolute Gasteiger partial charge is 0.350 e. The van der Waals surface area contributed by atoms with Crippen molar-refractivity contribution in [2.75, 3.05) is 11.6 Å². The molecular formula is C21H26N4OS. The van der Waals surface area contributed by atoms with Crippen molar-refractivity contribution in [1.29, 1.82) is 0 Å². The van der Waals surface area contributed by atoms with Gasteiger partial charge in [0.25, 0.3) is 0 Å². The second-order valence-corrected chi connectivity index (χ2v) is 9.66. The summed E-state index contributed by atoms with van der Waals surface area (Å²) in [6.45, 7) is 0. The highest BCUT2D eigenvalue weighted by Gasteiger charge is 2.51. The van der Waals surface area contributed by atoms with Gasteiger partial charge in [-0.05, 0) is 56.3 Å². The minimum atomic E-state index is 0.0692. The van der Waals surface area contributed by atoms with Gasteiger partial charge in [-0.1, -0.05) is 42.1 Å². The highest BCUT2D eigenvalue weighted by molar-refractivity contribution is 7.99. The first-order valence-electron chi connectivity index (χ1n) is 9.92. The zero-order chi connectivity index (χ0) is 18.4. The van der Waals surface area contributed by atoms with Gasteiger partial charge in [-0.3, -0.25) is 4.79 Å². The molecule has 0 spiro atoms. The van der Waals surface area contributed by atoms with E-state index in [1.165, 1.54) is 55.0 Å². The number of benzene rings is 1. The first-order chi connectivity index (χ1) is 13.1. The van der Waals surface area contributed by atoms with E-state index in [4.69, 9.17) is 5.84 Å². The normalized spacial score (nSPS) is 31.2. The number of nitrogens with two attached hydrogens (primary N) is 1. The summed E-state index contributed by atoms with van der Waals surface area (Å²) in [6, 6.07) is 9.97. The molecule has 27 heavy (non-hydrogen) atoms. The van der Waals surface area contributed by atoms with Crippen molar-refractivity contribution in [1.82, 2.24) is 15.0 Å². The molecule has 1 amide bonds. The van der Waals surface area contributed by atoms with E-state index in [9.17, 15) is 4.79 Å². The first kappa shape index (κ1) is 17.2. The summed E-state index contributed by atoms with van der Waals surface area (Å²) in [4.78, 5) is 17.3. The summed E-state index contributed by atoms with van der Waals surface area (Å²) in [5, 5.41) is 4.09. The molecule has 4 fully saturated rings. The van der Waals surface area contributed by atoms with Gasteiger partial charge in [-0.15, -0.1) is 0 Å². The SMILES string of the molecule is Nn1cc(-c2ccccc2)nc1SCC(=O)NC12CC3CC(CC(C3)C1)C2. The number of imidazole rings is 1. The Morgan fingerprint density at radius 3 is 2.41 bits per heavy atom. The standard InChI is InChI=1S/C21H26N4OS/c22-25-12-18(17-4-2-1-3-5-17)23-20(25)27-13-19(26)24-21-9-14-6-15(10-21)8-16(7-14)11-21/h1-5,12,14-16H,6-11,13,22H2,(H,24,26). The molecular weight excluding hydrogens is 356 g/mol. The van der Waals surface area contributed by atoms with Gasteiger partial charge < -0.3 is 11.2 Å². The van der Waals surface area contributed by atoms with Gasteiger partial charge in [0.05, 0.1) is 17.6 Å². The number of amides is 1. The molecule has 4 aliphatic carbocycles. The van der Waals surface area contributed by atoms with Crippen molar-refractivity contribution in [2.24, 2.45) is 17.8 Å². The number of nitrogen functional groups attached to an aromatic ring is 1. The average molecular weight is 383 g/mol. The Morgan fingerprint density at radius 1 is 1.15 bits per heavy atom. The number of hydrogen-bond acceptors (Lipinski definition) is 4. The van der Waals surface area contributed by atoms with Crippen LogP contribution in [0.1, 0.15) is 38.5 Å². The van der Waals surface area contributed by atoms with Gasteiger partial charge in [-0.2, -0.15) is 0 Å². The molecule has 1 aromatic heterocycles. The molecule has 4 aliphatic rings.